The predicted octanol–water partition coefficient (Wildman–Crippen LogP) is 2.96. The lowest BCUT2D eigenvalue weighted by molar-refractivity contribution is 0.0886. The maximum atomic E-state index is 12.2. The molecule has 0 radical (unpaired) electrons. The molecule has 88 valence electrons. The van der Waals surface area contributed by atoms with Gasteiger partial charge in [0.25, 0.3) is 0 Å². The minimum atomic E-state index is 0.0985. The summed E-state index contributed by atoms with van der Waals surface area (Å²) in [6.07, 6.45) is 2.36. The van der Waals surface area contributed by atoms with E-state index in [-0.39, 0.29) is 5.92 Å². The Balaban J connectivity index is 2.01. The van der Waals surface area contributed by atoms with Gasteiger partial charge in [-0.1, -0.05) is 19.9 Å². The van der Waals surface area contributed by atoms with Crippen LogP contribution in [-0.4, -0.2) is 18.4 Å². The van der Waals surface area contributed by atoms with E-state index in [9.17, 15) is 4.79 Å². The smallest absolute Gasteiger partial charge is 0.177 e. The third-order valence-electron chi connectivity index (χ3n) is 3.48. The topological polar surface area (TPSA) is 29.1 Å². The standard InChI is InChI=1S/C13H19NOS/c1-9-5-6-14-11(8-9)10(2)13(15)12-4-3-7-16-12/h3-4,7,9-11,14H,5-6,8H2,1-2H3. The third-order valence-corrected chi connectivity index (χ3v) is 4.37. The molecule has 0 amide bonds. The van der Waals surface area contributed by atoms with Gasteiger partial charge in [-0.15, -0.1) is 11.3 Å². The maximum absolute atomic E-state index is 12.2. The first-order chi connectivity index (χ1) is 7.68. The van der Waals surface area contributed by atoms with Crippen molar-refractivity contribution in [3.05, 3.63) is 22.4 Å². The summed E-state index contributed by atoms with van der Waals surface area (Å²) in [6, 6.07) is 4.23. The van der Waals surface area contributed by atoms with Crippen LogP contribution in [0.4, 0.5) is 0 Å². The number of piperidine rings is 1. The molecule has 1 fully saturated rings. The third kappa shape index (κ3) is 2.53. The number of hydrogen-bond acceptors (Lipinski definition) is 3. The van der Waals surface area contributed by atoms with Crippen LogP contribution in [0.5, 0.6) is 0 Å². The van der Waals surface area contributed by atoms with Crippen LogP contribution in [0.15, 0.2) is 17.5 Å². The van der Waals surface area contributed by atoms with Crippen molar-refractivity contribution < 1.29 is 4.79 Å². The Kier molecular flexibility index (Phi) is 3.77. The second-order valence-electron chi connectivity index (χ2n) is 4.82. The lowest BCUT2D eigenvalue weighted by Crippen LogP contribution is -2.44. The molecule has 2 heterocycles. The molecule has 2 nitrogen and oxygen atoms in total. The highest BCUT2D eigenvalue weighted by Crippen LogP contribution is 2.24. The zero-order chi connectivity index (χ0) is 11.5. The van der Waals surface area contributed by atoms with Crippen molar-refractivity contribution >= 4 is 17.1 Å². The molecule has 1 N–H and O–H groups in total. The second kappa shape index (κ2) is 5.11. The first kappa shape index (κ1) is 11.8. The molecule has 2 rings (SSSR count). The fraction of sp³-hybridized carbons (Fsp3) is 0.615. The summed E-state index contributed by atoms with van der Waals surface area (Å²) in [7, 11) is 0. The molecule has 1 aromatic heterocycles. The molecule has 3 unspecified atom stereocenters. The molecule has 1 aliphatic heterocycles. The number of thiophene rings is 1. The fourth-order valence-corrected chi connectivity index (χ4v) is 3.12. The van der Waals surface area contributed by atoms with Crippen LogP contribution in [-0.2, 0) is 0 Å². The van der Waals surface area contributed by atoms with Crippen molar-refractivity contribution in [2.24, 2.45) is 11.8 Å². The average molecular weight is 237 g/mol. The number of carbonyl (C=O) groups is 1. The van der Waals surface area contributed by atoms with Gasteiger partial charge in [-0.25, -0.2) is 0 Å². The highest BCUT2D eigenvalue weighted by Gasteiger charge is 2.28. The van der Waals surface area contributed by atoms with E-state index in [1.165, 1.54) is 6.42 Å². The Morgan fingerprint density at radius 1 is 1.62 bits per heavy atom. The predicted molar refractivity (Wildman–Crippen MR) is 68.0 cm³/mol. The Bertz CT molecular complexity index is 347. The first-order valence-electron chi connectivity index (χ1n) is 5.99. The summed E-state index contributed by atoms with van der Waals surface area (Å²) in [6.45, 7) is 5.38. The van der Waals surface area contributed by atoms with Gasteiger partial charge in [0.1, 0.15) is 0 Å². The molecule has 3 heteroatoms. The van der Waals surface area contributed by atoms with Crippen LogP contribution in [0.2, 0.25) is 0 Å². The monoisotopic (exact) mass is 237 g/mol. The molecule has 1 saturated heterocycles. The minimum absolute atomic E-state index is 0.0985. The summed E-state index contributed by atoms with van der Waals surface area (Å²) < 4.78 is 0. The molecule has 0 aromatic carbocycles. The van der Waals surface area contributed by atoms with E-state index in [1.807, 2.05) is 17.5 Å². The van der Waals surface area contributed by atoms with Crippen molar-refractivity contribution in [3.63, 3.8) is 0 Å². The Morgan fingerprint density at radius 3 is 3.06 bits per heavy atom. The maximum Gasteiger partial charge on any atom is 0.177 e. The molecule has 1 aliphatic rings. The van der Waals surface area contributed by atoms with Gasteiger partial charge in [0.2, 0.25) is 0 Å². The van der Waals surface area contributed by atoms with Crippen LogP contribution in [0.3, 0.4) is 0 Å². The van der Waals surface area contributed by atoms with Crippen molar-refractivity contribution in [2.45, 2.75) is 32.7 Å². The zero-order valence-corrected chi connectivity index (χ0v) is 10.7. The number of carbonyl (C=O) groups excluding carboxylic acids is 1. The molecular weight excluding hydrogens is 218 g/mol. The molecule has 0 bridgehead atoms. The summed E-state index contributed by atoms with van der Waals surface area (Å²) >= 11 is 1.55. The van der Waals surface area contributed by atoms with E-state index in [4.69, 9.17) is 0 Å². The van der Waals surface area contributed by atoms with Gasteiger partial charge in [-0.2, -0.15) is 0 Å². The van der Waals surface area contributed by atoms with Gasteiger partial charge in [0.05, 0.1) is 4.88 Å². The van der Waals surface area contributed by atoms with Gasteiger partial charge < -0.3 is 5.32 Å². The van der Waals surface area contributed by atoms with Crippen LogP contribution in [0.25, 0.3) is 0 Å². The molecule has 1 aromatic rings. The van der Waals surface area contributed by atoms with Crippen LogP contribution in [0.1, 0.15) is 36.4 Å². The quantitative estimate of drug-likeness (QED) is 0.819. The minimum Gasteiger partial charge on any atom is -0.313 e. The summed E-state index contributed by atoms with van der Waals surface area (Å²) in [5.74, 6) is 1.13. The van der Waals surface area contributed by atoms with Gasteiger partial charge in [0, 0.05) is 12.0 Å². The number of Topliss-reactive ketones (excluding diaryl/α,β-unsaturated/α-hetero) is 1. The first-order valence-corrected chi connectivity index (χ1v) is 6.87. The van der Waals surface area contributed by atoms with E-state index in [0.717, 1.165) is 23.8 Å². The molecule has 16 heavy (non-hydrogen) atoms. The van der Waals surface area contributed by atoms with E-state index in [1.54, 1.807) is 11.3 Å². The second-order valence-corrected chi connectivity index (χ2v) is 5.77. The van der Waals surface area contributed by atoms with Crippen molar-refractivity contribution in [3.8, 4) is 0 Å². The van der Waals surface area contributed by atoms with Gasteiger partial charge in [-0.05, 0) is 36.8 Å². The van der Waals surface area contributed by atoms with E-state index >= 15 is 0 Å². The highest BCUT2D eigenvalue weighted by molar-refractivity contribution is 7.12. The van der Waals surface area contributed by atoms with Gasteiger partial charge in [0.15, 0.2) is 5.78 Å². The van der Waals surface area contributed by atoms with Crippen LogP contribution < -0.4 is 5.32 Å². The van der Waals surface area contributed by atoms with E-state index in [0.29, 0.717) is 11.8 Å². The molecular formula is C13H19NOS. The largest absolute Gasteiger partial charge is 0.313 e. The SMILES string of the molecule is CC1CCNC(C(C)C(=O)c2cccs2)C1. The molecule has 3 atom stereocenters. The number of rotatable bonds is 3. The number of nitrogens with one attached hydrogen (secondary N) is 1. The summed E-state index contributed by atoms with van der Waals surface area (Å²) in [5.41, 5.74) is 0. The van der Waals surface area contributed by atoms with E-state index in [2.05, 4.69) is 19.2 Å². The Hall–Kier alpha value is -0.670. The van der Waals surface area contributed by atoms with Crippen LogP contribution >= 0.6 is 11.3 Å². The molecule has 0 aliphatic carbocycles. The normalized spacial score (nSPS) is 27.6. The highest BCUT2D eigenvalue weighted by atomic mass is 32.1. The fourth-order valence-electron chi connectivity index (χ4n) is 2.36. The van der Waals surface area contributed by atoms with Crippen LogP contribution in [0, 0.1) is 11.8 Å². The zero-order valence-electron chi connectivity index (χ0n) is 9.90. The van der Waals surface area contributed by atoms with Crippen molar-refractivity contribution in [1.82, 2.24) is 5.32 Å². The lowest BCUT2D eigenvalue weighted by Gasteiger charge is -2.31. The lowest BCUT2D eigenvalue weighted by atomic mass is 9.85. The molecule has 0 saturated carbocycles. The number of hydrogen-bond donors (Lipinski definition) is 1. The van der Waals surface area contributed by atoms with Crippen molar-refractivity contribution in [1.29, 1.82) is 0 Å². The Morgan fingerprint density at radius 2 is 2.44 bits per heavy atom. The summed E-state index contributed by atoms with van der Waals surface area (Å²) in [5, 5.41) is 5.45. The molecule has 0 spiro atoms. The average Bonchev–Trinajstić information content (AvgIpc) is 2.80. The summed E-state index contributed by atoms with van der Waals surface area (Å²) in [4.78, 5) is 13.1. The van der Waals surface area contributed by atoms with Crippen molar-refractivity contribution in [2.75, 3.05) is 6.54 Å². The van der Waals surface area contributed by atoms with Gasteiger partial charge >= 0.3 is 0 Å². The van der Waals surface area contributed by atoms with E-state index < -0.39 is 0 Å². The van der Waals surface area contributed by atoms with Gasteiger partial charge in [-0.3, -0.25) is 4.79 Å². The number of ketones is 1. The Labute approximate surface area is 101 Å².